The van der Waals surface area contributed by atoms with Gasteiger partial charge in [-0.25, -0.2) is 0 Å². The van der Waals surface area contributed by atoms with Gasteiger partial charge in [-0.1, -0.05) is 0 Å². The minimum absolute atomic E-state index is 0.182. The Morgan fingerprint density at radius 2 is 2.15 bits per heavy atom. The second kappa shape index (κ2) is 4.91. The maximum Gasteiger partial charge on any atom is 0.181 e. The lowest BCUT2D eigenvalue weighted by molar-refractivity contribution is -0.219. The van der Waals surface area contributed by atoms with Gasteiger partial charge in [-0.3, -0.25) is 0 Å². The molecule has 4 nitrogen and oxygen atoms in total. The van der Waals surface area contributed by atoms with Crippen LogP contribution in [0.2, 0.25) is 0 Å². The summed E-state index contributed by atoms with van der Waals surface area (Å²) in [5.74, 6) is 0. The molecule has 0 radical (unpaired) electrons. The Kier molecular flexibility index (Phi) is 3.55. The second-order valence-corrected chi connectivity index (χ2v) is 3.34. The van der Waals surface area contributed by atoms with E-state index >= 15 is 0 Å². The first-order valence-electron chi connectivity index (χ1n) is 4.88. The predicted molar refractivity (Wildman–Crippen MR) is 45.5 cm³/mol. The summed E-state index contributed by atoms with van der Waals surface area (Å²) < 4.78 is 21.5. The predicted octanol–water partition coefficient (Wildman–Crippen LogP) is 0.555. The van der Waals surface area contributed by atoms with E-state index in [-0.39, 0.29) is 12.4 Å². The van der Waals surface area contributed by atoms with Crippen LogP contribution in [-0.2, 0) is 18.9 Å². The SMILES string of the molecule is C1COC(COC2COCCO2)C1. The van der Waals surface area contributed by atoms with Crippen LogP contribution in [0.25, 0.3) is 0 Å². The van der Waals surface area contributed by atoms with E-state index < -0.39 is 0 Å². The Hall–Kier alpha value is -0.160. The highest BCUT2D eigenvalue weighted by Crippen LogP contribution is 2.13. The van der Waals surface area contributed by atoms with E-state index in [1.165, 1.54) is 0 Å². The minimum Gasteiger partial charge on any atom is -0.376 e. The first-order valence-corrected chi connectivity index (χ1v) is 4.88. The van der Waals surface area contributed by atoms with Crippen molar-refractivity contribution in [2.24, 2.45) is 0 Å². The fourth-order valence-electron chi connectivity index (χ4n) is 1.55. The van der Waals surface area contributed by atoms with Crippen LogP contribution in [0.3, 0.4) is 0 Å². The van der Waals surface area contributed by atoms with Crippen molar-refractivity contribution in [2.75, 3.05) is 33.0 Å². The Bertz CT molecular complexity index is 139. The molecule has 0 amide bonds. The van der Waals surface area contributed by atoms with Crippen molar-refractivity contribution >= 4 is 0 Å². The van der Waals surface area contributed by atoms with E-state index in [1.54, 1.807) is 0 Å². The molecule has 4 heteroatoms. The zero-order chi connectivity index (χ0) is 8.93. The highest BCUT2D eigenvalue weighted by molar-refractivity contribution is 4.64. The molecule has 0 saturated carbocycles. The van der Waals surface area contributed by atoms with Gasteiger partial charge in [0.2, 0.25) is 0 Å². The third kappa shape index (κ3) is 2.91. The van der Waals surface area contributed by atoms with Gasteiger partial charge < -0.3 is 18.9 Å². The molecule has 2 rings (SSSR count). The topological polar surface area (TPSA) is 36.9 Å². The molecular formula is C9H16O4. The fourth-order valence-corrected chi connectivity index (χ4v) is 1.55. The van der Waals surface area contributed by atoms with Crippen molar-refractivity contribution in [3.05, 3.63) is 0 Å². The molecule has 2 fully saturated rings. The molecule has 13 heavy (non-hydrogen) atoms. The Morgan fingerprint density at radius 1 is 1.15 bits per heavy atom. The number of rotatable bonds is 3. The largest absolute Gasteiger partial charge is 0.376 e. The molecule has 0 aromatic rings. The molecule has 2 aliphatic rings. The van der Waals surface area contributed by atoms with Crippen LogP contribution in [-0.4, -0.2) is 45.4 Å². The summed E-state index contributed by atoms with van der Waals surface area (Å²) in [6.45, 7) is 3.37. The van der Waals surface area contributed by atoms with Gasteiger partial charge >= 0.3 is 0 Å². The van der Waals surface area contributed by atoms with E-state index in [0.29, 0.717) is 26.4 Å². The van der Waals surface area contributed by atoms with E-state index in [4.69, 9.17) is 18.9 Å². The molecule has 0 spiro atoms. The fraction of sp³-hybridized carbons (Fsp3) is 1.00. The van der Waals surface area contributed by atoms with Crippen molar-refractivity contribution in [1.29, 1.82) is 0 Å². The van der Waals surface area contributed by atoms with Crippen molar-refractivity contribution in [3.63, 3.8) is 0 Å². The van der Waals surface area contributed by atoms with Crippen molar-refractivity contribution in [2.45, 2.75) is 25.2 Å². The first kappa shape index (κ1) is 9.40. The highest BCUT2D eigenvalue weighted by atomic mass is 16.7. The maximum atomic E-state index is 5.49. The molecule has 0 bridgehead atoms. The van der Waals surface area contributed by atoms with Crippen LogP contribution in [0, 0.1) is 0 Å². The van der Waals surface area contributed by atoms with Gasteiger partial charge in [0.1, 0.15) is 0 Å². The van der Waals surface area contributed by atoms with Gasteiger partial charge in [0.25, 0.3) is 0 Å². The van der Waals surface area contributed by atoms with Crippen LogP contribution in [0.5, 0.6) is 0 Å². The van der Waals surface area contributed by atoms with Gasteiger partial charge in [0.05, 0.1) is 32.5 Å². The number of ether oxygens (including phenoxy) is 4. The summed E-state index contributed by atoms with van der Waals surface area (Å²) in [5.41, 5.74) is 0. The van der Waals surface area contributed by atoms with E-state index in [2.05, 4.69) is 0 Å². The third-order valence-corrected chi connectivity index (χ3v) is 2.28. The summed E-state index contributed by atoms with van der Waals surface area (Å²) >= 11 is 0. The van der Waals surface area contributed by atoms with Gasteiger partial charge in [-0.2, -0.15) is 0 Å². The average Bonchev–Trinajstić information content (AvgIpc) is 2.69. The molecule has 2 aliphatic heterocycles. The first-order chi connectivity index (χ1) is 6.45. The Balaban J connectivity index is 1.60. The minimum atomic E-state index is -0.182. The molecule has 0 N–H and O–H groups in total. The summed E-state index contributed by atoms with van der Waals surface area (Å²) in [6.07, 6.45) is 2.34. The van der Waals surface area contributed by atoms with E-state index in [1.807, 2.05) is 0 Å². The van der Waals surface area contributed by atoms with E-state index in [9.17, 15) is 0 Å². The number of hydrogen-bond acceptors (Lipinski definition) is 4. The zero-order valence-corrected chi connectivity index (χ0v) is 7.74. The summed E-state index contributed by atoms with van der Waals surface area (Å²) in [7, 11) is 0. The lowest BCUT2D eigenvalue weighted by Gasteiger charge is -2.24. The van der Waals surface area contributed by atoms with Crippen molar-refractivity contribution in [3.8, 4) is 0 Å². The van der Waals surface area contributed by atoms with Gasteiger partial charge in [0, 0.05) is 6.61 Å². The normalized spacial score (nSPS) is 35.1. The van der Waals surface area contributed by atoms with Crippen LogP contribution >= 0.6 is 0 Å². The van der Waals surface area contributed by atoms with Crippen LogP contribution in [0.15, 0.2) is 0 Å². The molecule has 2 atom stereocenters. The molecule has 76 valence electrons. The lowest BCUT2D eigenvalue weighted by Crippen LogP contribution is -2.33. The van der Waals surface area contributed by atoms with Crippen molar-refractivity contribution in [1.82, 2.24) is 0 Å². The van der Waals surface area contributed by atoms with Crippen LogP contribution < -0.4 is 0 Å². The van der Waals surface area contributed by atoms with Gasteiger partial charge in [0.15, 0.2) is 6.29 Å². The number of hydrogen-bond donors (Lipinski definition) is 0. The molecular weight excluding hydrogens is 172 g/mol. The van der Waals surface area contributed by atoms with Gasteiger partial charge in [-0.05, 0) is 12.8 Å². The quantitative estimate of drug-likeness (QED) is 0.648. The Morgan fingerprint density at radius 3 is 2.85 bits per heavy atom. The zero-order valence-electron chi connectivity index (χ0n) is 7.74. The molecule has 2 heterocycles. The van der Waals surface area contributed by atoms with Gasteiger partial charge in [-0.15, -0.1) is 0 Å². The second-order valence-electron chi connectivity index (χ2n) is 3.34. The monoisotopic (exact) mass is 188 g/mol. The smallest absolute Gasteiger partial charge is 0.181 e. The van der Waals surface area contributed by atoms with E-state index in [0.717, 1.165) is 19.4 Å². The summed E-state index contributed by atoms with van der Waals surface area (Å²) in [4.78, 5) is 0. The highest BCUT2D eigenvalue weighted by Gasteiger charge is 2.20. The van der Waals surface area contributed by atoms with Crippen molar-refractivity contribution < 1.29 is 18.9 Å². The Labute approximate surface area is 78.1 Å². The van der Waals surface area contributed by atoms with Crippen LogP contribution in [0.4, 0.5) is 0 Å². The maximum absolute atomic E-state index is 5.49. The lowest BCUT2D eigenvalue weighted by atomic mass is 10.2. The molecule has 0 aromatic carbocycles. The molecule has 2 saturated heterocycles. The average molecular weight is 188 g/mol. The summed E-state index contributed by atoms with van der Waals surface area (Å²) in [6, 6.07) is 0. The van der Waals surface area contributed by atoms with Crippen LogP contribution in [0.1, 0.15) is 12.8 Å². The molecule has 0 aliphatic carbocycles. The molecule has 0 aromatic heterocycles. The third-order valence-electron chi connectivity index (χ3n) is 2.28. The molecule has 2 unspecified atom stereocenters. The standard InChI is InChI=1S/C9H16O4/c1-2-8(11-3-1)6-13-9-7-10-4-5-12-9/h8-9H,1-7H2. The summed E-state index contributed by atoms with van der Waals surface area (Å²) in [5, 5.41) is 0.